The van der Waals surface area contributed by atoms with E-state index in [9.17, 15) is 4.79 Å². The minimum absolute atomic E-state index is 0.0416. The SMILES string of the molecule is COc1cccc(NC(=O)[C@@H](C)[NH2+]C(c2ccccc2)c2ccccc2)c1. The summed E-state index contributed by atoms with van der Waals surface area (Å²) in [5.41, 5.74) is 3.07. The Morgan fingerprint density at radius 3 is 2.04 bits per heavy atom. The molecule has 0 aromatic heterocycles. The first-order valence-corrected chi connectivity index (χ1v) is 9.07. The number of hydrogen-bond acceptors (Lipinski definition) is 2. The predicted molar refractivity (Wildman–Crippen MR) is 108 cm³/mol. The van der Waals surface area contributed by atoms with E-state index in [1.54, 1.807) is 7.11 Å². The number of ether oxygens (including phenoxy) is 1. The van der Waals surface area contributed by atoms with Crippen LogP contribution in [0.25, 0.3) is 0 Å². The lowest BCUT2D eigenvalue weighted by Crippen LogP contribution is -2.92. The number of rotatable bonds is 7. The molecule has 0 heterocycles. The van der Waals surface area contributed by atoms with Crippen LogP contribution in [-0.4, -0.2) is 19.1 Å². The van der Waals surface area contributed by atoms with E-state index in [1.165, 1.54) is 11.1 Å². The highest BCUT2D eigenvalue weighted by Crippen LogP contribution is 2.19. The Hall–Kier alpha value is -3.11. The second-order valence-electron chi connectivity index (χ2n) is 6.50. The molecule has 4 nitrogen and oxygen atoms in total. The lowest BCUT2D eigenvalue weighted by Gasteiger charge is -2.21. The van der Waals surface area contributed by atoms with E-state index in [0.29, 0.717) is 0 Å². The van der Waals surface area contributed by atoms with Crippen molar-refractivity contribution in [3.05, 3.63) is 96.1 Å². The van der Waals surface area contributed by atoms with Crippen molar-refractivity contribution in [2.75, 3.05) is 12.4 Å². The summed E-state index contributed by atoms with van der Waals surface area (Å²) in [4.78, 5) is 12.7. The molecule has 0 radical (unpaired) electrons. The first-order valence-electron chi connectivity index (χ1n) is 9.07. The van der Waals surface area contributed by atoms with Crippen LogP contribution in [0.15, 0.2) is 84.9 Å². The predicted octanol–water partition coefficient (Wildman–Crippen LogP) is 3.38. The Morgan fingerprint density at radius 1 is 0.889 bits per heavy atom. The van der Waals surface area contributed by atoms with Crippen LogP contribution >= 0.6 is 0 Å². The van der Waals surface area contributed by atoms with Crippen molar-refractivity contribution in [2.24, 2.45) is 0 Å². The largest absolute Gasteiger partial charge is 0.497 e. The normalized spacial score (nSPS) is 11.8. The molecule has 0 unspecified atom stereocenters. The molecule has 0 fully saturated rings. The van der Waals surface area contributed by atoms with Crippen LogP contribution in [0.5, 0.6) is 5.75 Å². The summed E-state index contributed by atoms with van der Waals surface area (Å²) in [6.07, 6.45) is 0. The number of anilines is 1. The van der Waals surface area contributed by atoms with E-state index in [4.69, 9.17) is 4.74 Å². The third-order valence-corrected chi connectivity index (χ3v) is 4.55. The van der Waals surface area contributed by atoms with E-state index in [2.05, 4.69) is 34.9 Å². The monoisotopic (exact) mass is 361 g/mol. The van der Waals surface area contributed by atoms with Gasteiger partial charge in [-0.15, -0.1) is 0 Å². The Balaban J connectivity index is 1.75. The lowest BCUT2D eigenvalue weighted by atomic mass is 9.98. The third kappa shape index (κ3) is 4.96. The maximum absolute atomic E-state index is 12.7. The molecule has 3 aromatic carbocycles. The summed E-state index contributed by atoms with van der Waals surface area (Å²) in [6.45, 7) is 1.92. The second kappa shape index (κ2) is 9.01. The Bertz CT molecular complexity index is 826. The van der Waals surface area contributed by atoms with Gasteiger partial charge >= 0.3 is 0 Å². The molecular formula is C23H25N2O2+. The number of benzene rings is 3. The van der Waals surface area contributed by atoms with Gasteiger partial charge < -0.3 is 15.4 Å². The van der Waals surface area contributed by atoms with E-state index < -0.39 is 0 Å². The molecule has 3 rings (SSSR count). The third-order valence-electron chi connectivity index (χ3n) is 4.55. The van der Waals surface area contributed by atoms with Crippen molar-refractivity contribution < 1.29 is 14.8 Å². The number of carbonyl (C=O) groups excluding carboxylic acids is 1. The van der Waals surface area contributed by atoms with Crippen LogP contribution in [-0.2, 0) is 4.79 Å². The van der Waals surface area contributed by atoms with Gasteiger partial charge in [-0.3, -0.25) is 4.79 Å². The quantitative estimate of drug-likeness (QED) is 0.678. The highest BCUT2D eigenvalue weighted by molar-refractivity contribution is 5.93. The lowest BCUT2D eigenvalue weighted by molar-refractivity contribution is -0.704. The van der Waals surface area contributed by atoms with Crippen LogP contribution in [0.3, 0.4) is 0 Å². The number of methoxy groups -OCH3 is 1. The minimum atomic E-state index is -0.262. The number of nitrogens with one attached hydrogen (secondary N) is 1. The van der Waals surface area contributed by atoms with E-state index in [-0.39, 0.29) is 18.0 Å². The van der Waals surface area contributed by atoms with E-state index in [0.717, 1.165) is 11.4 Å². The molecule has 0 bridgehead atoms. The van der Waals surface area contributed by atoms with Crippen molar-refractivity contribution in [2.45, 2.75) is 19.0 Å². The van der Waals surface area contributed by atoms with Crippen molar-refractivity contribution in [3.63, 3.8) is 0 Å². The topological polar surface area (TPSA) is 54.9 Å². The van der Waals surface area contributed by atoms with Crippen molar-refractivity contribution in [3.8, 4) is 5.75 Å². The Kier molecular flexibility index (Phi) is 6.23. The number of carbonyl (C=O) groups is 1. The van der Waals surface area contributed by atoms with Gasteiger partial charge in [-0.2, -0.15) is 0 Å². The average molecular weight is 361 g/mol. The van der Waals surface area contributed by atoms with Gasteiger partial charge in [-0.05, 0) is 19.1 Å². The molecule has 0 aliphatic heterocycles. The molecule has 0 aliphatic carbocycles. The van der Waals surface area contributed by atoms with Crippen molar-refractivity contribution in [1.82, 2.24) is 0 Å². The molecule has 27 heavy (non-hydrogen) atoms. The zero-order valence-electron chi connectivity index (χ0n) is 15.6. The van der Waals surface area contributed by atoms with Gasteiger partial charge in [0.05, 0.1) is 7.11 Å². The van der Waals surface area contributed by atoms with E-state index in [1.807, 2.05) is 67.6 Å². The van der Waals surface area contributed by atoms with Crippen LogP contribution in [0.4, 0.5) is 5.69 Å². The zero-order valence-corrected chi connectivity index (χ0v) is 15.6. The van der Waals surface area contributed by atoms with Crippen LogP contribution in [0, 0.1) is 0 Å². The molecule has 4 heteroatoms. The highest BCUT2D eigenvalue weighted by Gasteiger charge is 2.24. The minimum Gasteiger partial charge on any atom is -0.497 e. The van der Waals surface area contributed by atoms with E-state index >= 15 is 0 Å². The fraction of sp³-hybridized carbons (Fsp3) is 0.174. The number of nitrogens with two attached hydrogens (primary N) is 1. The smallest absolute Gasteiger partial charge is 0.282 e. The summed E-state index contributed by atoms with van der Waals surface area (Å²) < 4.78 is 5.22. The molecule has 3 aromatic rings. The molecular weight excluding hydrogens is 336 g/mol. The van der Waals surface area contributed by atoms with Gasteiger partial charge in [0.25, 0.3) is 5.91 Å². The molecule has 0 saturated carbocycles. The Morgan fingerprint density at radius 2 is 1.48 bits per heavy atom. The summed E-state index contributed by atoms with van der Waals surface area (Å²) in [5, 5.41) is 5.07. The first kappa shape index (κ1) is 18.7. The summed E-state index contributed by atoms with van der Waals surface area (Å²) in [5.74, 6) is 0.677. The van der Waals surface area contributed by atoms with Gasteiger partial charge in [-0.25, -0.2) is 0 Å². The van der Waals surface area contributed by atoms with Gasteiger partial charge in [0, 0.05) is 22.9 Å². The molecule has 1 atom stereocenters. The summed E-state index contributed by atoms with van der Waals surface area (Å²) in [6, 6.07) is 27.7. The maximum atomic E-state index is 12.7. The number of quaternary nitrogens is 1. The molecule has 1 amide bonds. The van der Waals surface area contributed by atoms with Gasteiger partial charge in [-0.1, -0.05) is 66.7 Å². The van der Waals surface area contributed by atoms with Crippen LogP contribution in [0.2, 0.25) is 0 Å². The van der Waals surface area contributed by atoms with Gasteiger partial charge in [0.15, 0.2) is 6.04 Å². The highest BCUT2D eigenvalue weighted by atomic mass is 16.5. The second-order valence-corrected chi connectivity index (χ2v) is 6.50. The molecule has 0 spiro atoms. The first-order chi connectivity index (χ1) is 13.2. The molecule has 0 saturated heterocycles. The molecule has 3 N–H and O–H groups in total. The number of hydrogen-bond donors (Lipinski definition) is 2. The van der Waals surface area contributed by atoms with Crippen molar-refractivity contribution >= 4 is 11.6 Å². The maximum Gasteiger partial charge on any atom is 0.282 e. The standard InChI is InChI=1S/C23H24N2O2/c1-17(23(26)25-20-14-9-15-21(16-20)27-2)24-22(18-10-5-3-6-11-18)19-12-7-4-8-13-19/h3-17,22,24H,1-2H3,(H,25,26)/p+1/t17-/m1/s1. The molecule has 0 aliphatic rings. The zero-order chi connectivity index (χ0) is 19.1. The number of amides is 1. The Labute approximate surface area is 160 Å². The van der Waals surface area contributed by atoms with Crippen molar-refractivity contribution in [1.29, 1.82) is 0 Å². The summed E-state index contributed by atoms with van der Waals surface area (Å²) >= 11 is 0. The van der Waals surface area contributed by atoms with Crippen LogP contribution in [0.1, 0.15) is 24.1 Å². The van der Waals surface area contributed by atoms with Crippen LogP contribution < -0.4 is 15.4 Å². The molecule has 138 valence electrons. The summed E-state index contributed by atoms with van der Waals surface area (Å²) in [7, 11) is 1.61. The fourth-order valence-electron chi connectivity index (χ4n) is 3.07. The van der Waals surface area contributed by atoms with Gasteiger partial charge in [0.1, 0.15) is 11.8 Å². The fourth-order valence-corrected chi connectivity index (χ4v) is 3.07. The average Bonchev–Trinajstić information content (AvgIpc) is 2.73. The van der Waals surface area contributed by atoms with Gasteiger partial charge in [0.2, 0.25) is 0 Å².